The van der Waals surface area contributed by atoms with E-state index in [1.54, 1.807) is 19.2 Å². The molecule has 0 heterocycles. The van der Waals surface area contributed by atoms with Gasteiger partial charge in [0, 0.05) is 5.92 Å². The zero-order chi connectivity index (χ0) is 15.9. The molecule has 2 rings (SSSR count). The molecule has 0 aliphatic rings. The van der Waals surface area contributed by atoms with Crippen molar-refractivity contribution < 1.29 is 14.6 Å². The normalized spacial score (nSPS) is 12.0. The van der Waals surface area contributed by atoms with Gasteiger partial charge in [-0.05, 0) is 55.3 Å². The molecule has 0 radical (unpaired) electrons. The van der Waals surface area contributed by atoms with Gasteiger partial charge in [-0.1, -0.05) is 18.2 Å². The summed E-state index contributed by atoms with van der Waals surface area (Å²) in [5, 5.41) is 9.39. The first kappa shape index (κ1) is 16.2. The fourth-order valence-electron chi connectivity index (χ4n) is 2.48. The van der Waals surface area contributed by atoms with E-state index >= 15 is 0 Å². The summed E-state index contributed by atoms with van der Waals surface area (Å²) in [6.07, 6.45) is 0.811. The topological polar surface area (TPSA) is 64.7 Å². The van der Waals surface area contributed by atoms with E-state index in [1.165, 1.54) is 0 Å². The van der Waals surface area contributed by atoms with Crippen molar-refractivity contribution in [2.45, 2.75) is 19.3 Å². The molecule has 0 amide bonds. The zero-order valence-electron chi connectivity index (χ0n) is 13.1. The summed E-state index contributed by atoms with van der Waals surface area (Å²) in [7, 11) is 1.64. The van der Waals surface area contributed by atoms with Crippen molar-refractivity contribution in [1.82, 2.24) is 0 Å². The minimum atomic E-state index is 0.198. The van der Waals surface area contributed by atoms with E-state index in [0.717, 1.165) is 29.0 Å². The van der Waals surface area contributed by atoms with Crippen LogP contribution in [0.1, 0.15) is 24.0 Å². The van der Waals surface area contributed by atoms with Gasteiger partial charge >= 0.3 is 0 Å². The monoisotopic (exact) mass is 301 g/mol. The van der Waals surface area contributed by atoms with Crippen molar-refractivity contribution in [2.75, 3.05) is 20.3 Å². The lowest BCUT2D eigenvalue weighted by molar-refractivity contribution is 0.310. The van der Waals surface area contributed by atoms with Crippen LogP contribution in [-0.2, 0) is 6.42 Å². The Kier molecular flexibility index (Phi) is 5.67. The van der Waals surface area contributed by atoms with Gasteiger partial charge in [0.1, 0.15) is 5.75 Å². The second-order valence-electron chi connectivity index (χ2n) is 5.15. The van der Waals surface area contributed by atoms with E-state index < -0.39 is 0 Å². The molecule has 4 heteroatoms. The number of phenolic OH excluding ortho intramolecular Hbond substituents is 1. The molecule has 0 aliphatic carbocycles. The summed E-state index contributed by atoms with van der Waals surface area (Å²) in [4.78, 5) is 0. The van der Waals surface area contributed by atoms with Crippen LogP contribution < -0.4 is 15.2 Å². The Balaban J connectivity index is 2.20. The second-order valence-corrected chi connectivity index (χ2v) is 5.15. The lowest BCUT2D eigenvalue weighted by Crippen LogP contribution is -2.15. The van der Waals surface area contributed by atoms with Crippen LogP contribution >= 0.6 is 0 Å². The molecule has 0 bridgehead atoms. The predicted octanol–water partition coefficient (Wildman–Crippen LogP) is 3.08. The van der Waals surface area contributed by atoms with Crippen LogP contribution in [0.15, 0.2) is 42.5 Å². The fourth-order valence-corrected chi connectivity index (χ4v) is 2.48. The van der Waals surface area contributed by atoms with Crippen LogP contribution in [0.3, 0.4) is 0 Å². The molecule has 0 aromatic heterocycles. The van der Waals surface area contributed by atoms with Gasteiger partial charge in [0.25, 0.3) is 0 Å². The maximum Gasteiger partial charge on any atom is 0.161 e. The van der Waals surface area contributed by atoms with Gasteiger partial charge in [0.2, 0.25) is 0 Å². The van der Waals surface area contributed by atoms with Gasteiger partial charge < -0.3 is 20.3 Å². The van der Waals surface area contributed by atoms with Crippen LogP contribution in [0.25, 0.3) is 0 Å². The molecule has 4 nitrogen and oxygen atoms in total. The molecule has 0 aliphatic heterocycles. The van der Waals surface area contributed by atoms with Gasteiger partial charge in [0.05, 0.1) is 13.7 Å². The highest BCUT2D eigenvalue weighted by Crippen LogP contribution is 2.30. The van der Waals surface area contributed by atoms with Crippen LogP contribution in [0.2, 0.25) is 0 Å². The Morgan fingerprint density at radius 3 is 2.41 bits per heavy atom. The number of ether oxygens (including phenoxy) is 2. The lowest BCUT2D eigenvalue weighted by atomic mass is 9.92. The SMILES string of the molecule is CCOc1cc(CC(CN)c2ccc(O)cc2)ccc1OC. The molecule has 118 valence electrons. The third-order valence-electron chi connectivity index (χ3n) is 3.66. The number of aromatic hydroxyl groups is 1. The van der Waals surface area contributed by atoms with Gasteiger partial charge in [-0.3, -0.25) is 0 Å². The number of hydrogen-bond donors (Lipinski definition) is 2. The smallest absolute Gasteiger partial charge is 0.161 e. The molecule has 1 unspecified atom stereocenters. The van der Waals surface area contributed by atoms with E-state index in [0.29, 0.717) is 13.2 Å². The Bertz CT molecular complexity index is 596. The maximum atomic E-state index is 9.39. The highest BCUT2D eigenvalue weighted by Gasteiger charge is 2.13. The van der Waals surface area contributed by atoms with E-state index in [4.69, 9.17) is 15.2 Å². The van der Waals surface area contributed by atoms with E-state index in [1.807, 2.05) is 37.3 Å². The molecular formula is C18H23NO3. The van der Waals surface area contributed by atoms with Gasteiger partial charge in [-0.15, -0.1) is 0 Å². The summed E-state index contributed by atoms with van der Waals surface area (Å²) in [5.41, 5.74) is 8.19. The Hall–Kier alpha value is -2.20. The van der Waals surface area contributed by atoms with Crippen molar-refractivity contribution in [2.24, 2.45) is 5.73 Å². The number of phenols is 1. The van der Waals surface area contributed by atoms with Crippen molar-refractivity contribution >= 4 is 0 Å². The number of hydrogen-bond acceptors (Lipinski definition) is 4. The van der Waals surface area contributed by atoms with Crippen molar-refractivity contribution in [3.8, 4) is 17.2 Å². The van der Waals surface area contributed by atoms with E-state index in [2.05, 4.69) is 0 Å². The van der Waals surface area contributed by atoms with E-state index in [-0.39, 0.29) is 11.7 Å². The highest BCUT2D eigenvalue weighted by atomic mass is 16.5. The number of nitrogens with two attached hydrogens (primary N) is 1. The maximum absolute atomic E-state index is 9.39. The molecule has 3 N–H and O–H groups in total. The molecule has 22 heavy (non-hydrogen) atoms. The van der Waals surface area contributed by atoms with Gasteiger partial charge in [-0.2, -0.15) is 0 Å². The number of methoxy groups -OCH3 is 1. The van der Waals surface area contributed by atoms with Crippen molar-refractivity contribution in [3.05, 3.63) is 53.6 Å². The quantitative estimate of drug-likeness (QED) is 0.825. The van der Waals surface area contributed by atoms with Crippen LogP contribution in [-0.4, -0.2) is 25.4 Å². The van der Waals surface area contributed by atoms with Crippen molar-refractivity contribution in [1.29, 1.82) is 0 Å². The van der Waals surface area contributed by atoms with Crippen LogP contribution in [0, 0.1) is 0 Å². The first-order valence-corrected chi connectivity index (χ1v) is 7.46. The standard InChI is InChI=1S/C18H23NO3/c1-3-22-18-11-13(4-9-17(18)21-2)10-15(12-19)14-5-7-16(20)8-6-14/h4-9,11,15,20H,3,10,12,19H2,1-2H3. The first-order valence-electron chi connectivity index (χ1n) is 7.46. The molecule has 0 saturated heterocycles. The molecule has 0 spiro atoms. The van der Waals surface area contributed by atoms with E-state index in [9.17, 15) is 5.11 Å². The first-order chi connectivity index (χ1) is 10.7. The van der Waals surface area contributed by atoms with Gasteiger partial charge in [-0.25, -0.2) is 0 Å². The summed E-state index contributed by atoms with van der Waals surface area (Å²) < 4.78 is 10.9. The number of benzene rings is 2. The van der Waals surface area contributed by atoms with Crippen LogP contribution in [0.4, 0.5) is 0 Å². The molecule has 0 saturated carbocycles. The Morgan fingerprint density at radius 2 is 1.82 bits per heavy atom. The van der Waals surface area contributed by atoms with Crippen molar-refractivity contribution in [3.63, 3.8) is 0 Å². The summed E-state index contributed by atoms with van der Waals surface area (Å²) in [5.74, 6) is 1.95. The molecule has 2 aromatic carbocycles. The number of rotatable bonds is 7. The van der Waals surface area contributed by atoms with Crippen LogP contribution in [0.5, 0.6) is 17.2 Å². The highest BCUT2D eigenvalue weighted by molar-refractivity contribution is 5.43. The summed E-state index contributed by atoms with van der Waals surface area (Å²) >= 11 is 0. The summed E-state index contributed by atoms with van der Waals surface area (Å²) in [6, 6.07) is 13.2. The molecule has 2 aromatic rings. The Labute approximate surface area is 131 Å². The lowest BCUT2D eigenvalue weighted by Gasteiger charge is -2.17. The average Bonchev–Trinajstić information content (AvgIpc) is 2.54. The third-order valence-corrected chi connectivity index (χ3v) is 3.66. The molecule has 1 atom stereocenters. The second kappa shape index (κ2) is 7.71. The largest absolute Gasteiger partial charge is 0.508 e. The molecule has 0 fully saturated rings. The molecular weight excluding hydrogens is 278 g/mol. The Morgan fingerprint density at radius 1 is 1.09 bits per heavy atom. The third kappa shape index (κ3) is 3.92. The minimum Gasteiger partial charge on any atom is -0.508 e. The summed E-state index contributed by atoms with van der Waals surface area (Å²) in [6.45, 7) is 3.09. The minimum absolute atomic E-state index is 0.198. The zero-order valence-corrected chi connectivity index (χ0v) is 13.1. The predicted molar refractivity (Wildman–Crippen MR) is 87.8 cm³/mol. The average molecular weight is 301 g/mol. The fraction of sp³-hybridized carbons (Fsp3) is 0.333. The van der Waals surface area contributed by atoms with Gasteiger partial charge in [0.15, 0.2) is 11.5 Å².